The normalized spacial score (nSPS) is 17.1. The van der Waals surface area contributed by atoms with Crippen LogP contribution in [-0.2, 0) is 13.5 Å². The Hall–Kier alpha value is -2.89. The lowest BCUT2D eigenvalue weighted by molar-refractivity contribution is 0.0695. The summed E-state index contributed by atoms with van der Waals surface area (Å²) in [7, 11) is 1.86. The highest BCUT2D eigenvalue weighted by molar-refractivity contribution is 5.92. The lowest BCUT2D eigenvalue weighted by Crippen LogP contribution is -2.40. The first-order valence-corrected chi connectivity index (χ1v) is 10.4. The molecule has 0 bridgehead atoms. The summed E-state index contributed by atoms with van der Waals surface area (Å²) in [4.78, 5) is 15.2. The lowest BCUT2D eigenvalue weighted by Gasteiger charge is -2.32. The number of carbonyl (C=O) groups is 1. The molecule has 1 aromatic carbocycles. The predicted molar refractivity (Wildman–Crippen MR) is 114 cm³/mol. The van der Waals surface area contributed by atoms with E-state index in [0.717, 1.165) is 48.3 Å². The van der Waals surface area contributed by atoms with E-state index in [0.29, 0.717) is 18.2 Å². The zero-order chi connectivity index (χ0) is 20.4. The minimum absolute atomic E-state index is 0.0699. The fourth-order valence-electron chi connectivity index (χ4n) is 4.26. The van der Waals surface area contributed by atoms with E-state index in [1.54, 1.807) is 4.68 Å². The van der Waals surface area contributed by atoms with Crippen molar-refractivity contribution in [3.05, 3.63) is 59.7 Å². The molecule has 1 amide bonds. The summed E-state index contributed by atoms with van der Waals surface area (Å²) >= 11 is 0. The molecule has 4 rings (SSSR count). The first kappa shape index (κ1) is 19.4. The largest absolute Gasteiger partial charge is 0.337 e. The number of amides is 1. The van der Waals surface area contributed by atoms with Gasteiger partial charge in [0.1, 0.15) is 5.69 Å². The van der Waals surface area contributed by atoms with E-state index in [9.17, 15) is 4.79 Å². The van der Waals surface area contributed by atoms with Gasteiger partial charge in [-0.25, -0.2) is 0 Å². The third-order valence-electron chi connectivity index (χ3n) is 5.64. The molecule has 2 aromatic heterocycles. The van der Waals surface area contributed by atoms with Gasteiger partial charge in [0, 0.05) is 37.3 Å². The number of nitrogens with one attached hydrogen (secondary N) is 1. The summed E-state index contributed by atoms with van der Waals surface area (Å²) in [6.07, 6.45) is 4.82. The zero-order valence-electron chi connectivity index (χ0n) is 17.4. The zero-order valence-corrected chi connectivity index (χ0v) is 17.4. The standard InChI is InChI=1S/C23H29N5O/c1-16(2)12-19-13-21(27(3)26-19)23(29)28-11-7-10-18(15-28)22-20(14-24-25-22)17-8-5-4-6-9-17/h4-6,8-9,13-14,16,18H,7,10-12,15H2,1-3H3,(H,24,25)/t18-/m0/s1. The summed E-state index contributed by atoms with van der Waals surface area (Å²) < 4.78 is 1.73. The van der Waals surface area contributed by atoms with E-state index >= 15 is 0 Å². The number of likely N-dealkylation sites (tertiary alicyclic amines) is 1. The Morgan fingerprint density at radius 3 is 2.83 bits per heavy atom. The topological polar surface area (TPSA) is 66.8 Å². The SMILES string of the molecule is CC(C)Cc1cc(C(=O)N2CCC[C@H](c3[nH]ncc3-c3ccccc3)C2)n(C)n1. The Kier molecular flexibility index (Phi) is 5.51. The summed E-state index contributed by atoms with van der Waals surface area (Å²) in [5.41, 5.74) is 5.07. The Morgan fingerprint density at radius 2 is 2.07 bits per heavy atom. The van der Waals surface area contributed by atoms with Gasteiger partial charge in [-0.2, -0.15) is 10.2 Å². The minimum atomic E-state index is 0.0699. The van der Waals surface area contributed by atoms with E-state index in [4.69, 9.17) is 0 Å². The molecule has 1 fully saturated rings. The van der Waals surface area contributed by atoms with Gasteiger partial charge < -0.3 is 4.90 Å². The van der Waals surface area contributed by atoms with Crippen LogP contribution in [-0.4, -0.2) is 43.9 Å². The molecule has 29 heavy (non-hydrogen) atoms. The van der Waals surface area contributed by atoms with Gasteiger partial charge in [0.25, 0.3) is 5.91 Å². The van der Waals surface area contributed by atoms with Gasteiger partial charge in [-0.1, -0.05) is 44.2 Å². The van der Waals surface area contributed by atoms with Crippen LogP contribution >= 0.6 is 0 Å². The average Bonchev–Trinajstić information content (AvgIpc) is 3.34. The van der Waals surface area contributed by atoms with Gasteiger partial charge in [0.2, 0.25) is 0 Å². The molecule has 152 valence electrons. The van der Waals surface area contributed by atoms with Gasteiger partial charge in [-0.3, -0.25) is 14.6 Å². The Bertz CT molecular complexity index is 972. The summed E-state index contributed by atoms with van der Waals surface area (Å²) in [6, 6.07) is 12.3. The molecule has 0 aliphatic carbocycles. The minimum Gasteiger partial charge on any atom is -0.337 e. The van der Waals surface area contributed by atoms with Crippen LogP contribution in [0.25, 0.3) is 11.1 Å². The molecule has 0 spiro atoms. The Labute approximate surface area is 171 Å². The van der Waals surface area contributed by atoms with Crippen molar-refractivity contribution in [2.24, 2.45) is 13.0 Å². The van der Waals surface area contributed by atoms with Crippen molar-refractivity contribution in [2.45, 2.75) is 39.0 Å². The van der Waals surface area contributed by atoms with E-state index in [1.165, 1.54) is 0 Å². The predicted octanol–water partition coefficient (Wildman–Crippen LogP) is 4.03. The molecule has 3 heterocycles. The maximum Gasteiger partial charge on any atom is 0.272 e. The fourth-order valence-corrected chi connectivity index (χ4v) is 4.26. The molecule has 3 aromatic rings. The maximum atomic E-state index is 13.2. The molecule has 1 aliphatic heterocycles. The molecule has 0 saturated carbocycles. The number of hydrogen-bond acceptors (Lipinski definition) is 3. The van der Waals surface area contributed by atoms with Crippen molar-refractivity contribution in [1.82, 2.24) is 24.9 Å². The summed E-state index contributed by atoms with van der Waals surface area (Å²) in [5, 5.41) is 12.1. The second-order valence-electron chi connectivity index (χ2n) is 8.40. The van der Waals surface area contributed by atoms with E-state index in [-0.39, 0.29) is 11.8 Å². The number of aromatic nitrogens is 4. The number of carbonyl (C=O) groups excluding carboxylic acids is 1. The summed E-state index contributed by atoms with van der Waals surface area (Å²) in [5.74, 6) is 0.846. The van der Waals surface area contributed by atoms with Crippen LogP contribution in [0, 0.1) is 5.92 Å². The van der Waals surface area contributed by atoms with Crippen LogP contribution in [0.3, 0.4) is 0 Å². The third-order valence-corrected chi connectivity index (χ3v) is 5.64. The molecule has 0 radical (unpaired) electrons. The van der Waals surface area contributed by atoms with Crippen LogP contribution in [0.5, 0.6) is 0 Å². The van der Waals surface area contributed by atoms with Gasteiger partial charge in [0.15, 0.2) is 0 Å². The molecular weight excluding hydrogens is 362 g/mol. The van der Waals surface area contributed by atoms with Gasteiger partial charge >= 0.3 is 0 Å². The molecule has 6 nitrogen and oxygen atoms in total. The van der Waals surface area contributed by atoms with Crippen LogP contribution in [0.1, 0.15) is 54.5 Å². The number of piperidine rings is 1. The highest BCUT2D eigenvalue weighted by Crippen LogP contribution is 2.33. The molecule has 1 atom stereocenters. The highest BCUT2D eigenvalue weighted by Gasteiger charge is 2.29. The number of benzene rings is 1. The van der Waals surface area contributed by atoms with Crippen LogP contribution < -0.4 is 0 Å². The van der Waals surface area contributed by atoms with Crippen LogP contribution in [0.15, 0.2) is 42.6 Å². The van der Waals surface area contributed by atoms with E-state index in [1.807, 2.05) is 42.4 Å². The van der Waals surface area contributed by atoms with E-state index in [2.05, 4.69) is 41.3 Å². The number of H-pyrrole nitrogens is 1. The molecule has 1 aliphatic rings. The quantitative estimate of drug-likeness (QED) is 0.714. The second kappa shape index (κ2) is 8.23. The Balaban J connectivity index is 1.53. The smallest absolute Gasteiger partial charge is 0.272 e. The van der Waals surface area contributed by atoms with E-state index < -0.39 is 0 Å². The van der Waals surface area contributed by atoms with Crippen LogP contribution in [0.4, 0.5) is 0 Å². The van der Waals surface area contributed by atoms with Gasteiger partial charge in [-0.05, 0) is 36.8 Å². The van der Waals surface area contributed by atoms with Gasteiger partial charge in [-0.15, -0.1) is 0 Å². The summed E-state index contributed by atoms with van der Waals surface area (Å²) in [6.45, 7) is 5.82. The maximum absolute atomic E-state index is 13.2. The van der Waals surface area contributed by atoms with Crippen LogP contribution in [0.2, 0.25) is 0 Å². The van der Waals surface area contributed by atoms with Crippen molar-refractivity contribution < 1.29 is 4.79 Å². The van der Waals surface area contributed by atoms with Crippen molar-refractivity contribution >= 4 is 5.91 Å². The number of aryl methyl sites for hydroxylation is 1. The first-order valence-electron chi connectivity index (χ1n) is 10.4. The van der Waals surface area contributed by atoms with Crippen molar-refractivity contribution in [3.8, 4) is 11.1 Å². The van der Waals surface area contributed by atoms with Gasteiger partial charge in [0.05, 0.1) is 11.9 Å². The number of hydrogen-bond donors (Lipinski definition) is 1. The first-order chi connectivity index (χ1) is 14.0. The highest BCUT2D eigenvalue weighted by atomic mass is 16.2. The van der Waals surface area contributed by atoms with Crippen molar-refractivity contribution in [3.63, 3.8) is 0 Å². The monoisotopic (exact) mass is 391 g/mol. The number of rotatable bonds is 5. The molecular formula is C23H29N5O. The average molecular weight is 392 g/mol. The lowest BCUT2D eigenvalue weighted by atomic mass is 9.90. The Morgan fingerprint density at radius 1 is 1.28 bits per heavy atom. The number of nitrogens with zero attached hydrogens (tertiary/aromatic N) is 4. The third kappa shape index (κ3) is 4.11. The van der Waals surface area contributed by atoms with Crippen molar-refractivity contribution in [1.29, 1.82) is 0 Å². The molecule has 1 N–H and O–H groups in total. The fraction of sp³-hybridized carbons (Fsp3) is 0.435. The van der Waals surface area contributed by atoms with Crippen molar-refractivity contribution in [2.75, 3.05) is 13.1 Å². The molecule has 1 saturated heterocycles. The molecule has 6 heteroatoms. The number of aromatic amines is 1. The molecule has 0 unspecified atom stereocenters. The second-order valence-corrected chi connectivity index (χ2v) is 8.40.